The van der Waals surface area contributed by atoms with Crippen molar-refractivity contribution in [2.24, 2.45) is 0 Å². The zero-order valence-electron chi connectivity index (χ0n) is 23.7. The molecule has 5 aromatic carbocycles. The Hall–Kier alpha value is -5.07. The number of piperidine rings is 1. The molecule has 6 heteroatoms. The van der Waals surface area contributed by atoms with E-state index in [0.717, 1.165) is 82.8 Å². The van der Waals surface area contributed by atoms with Crippen LogP contribution in [0.1, 0.15) is 29.9 Å². The maximum absolute atomic E-state index is 11.6. The average molecular weight is 561 g/mol. The zero-order chi connectivity index (χ0) is 28.8. The van der Waals surface area contributed by atoms with Crippen LogP contribution in [0.15, 0.2) is 109 Å². The van der Waals surface area contributed by atoms with Gasteiger partial charge in [0.25, 0.3) is 0 Å². The van der Waals surface area contributed by atoms with Gasteiger partial charge in [-0.25, -0.2) is 14.8 Å². The van der Waals surface area contributed by atoms with Crippen molar-refractivity contribution in [3.63, 3.8) is 0 Å². The second-order valence-electron chi connectivity index (χ2n) is 11.5. The zero-order valence-corrected chi connectivity index (χ0v) is 23.7. The summed E-state index contributed by atoms with van der Waals surface area (Å²) in [6, 6.07) is 37.7. The number of nitrogens with zero attached hydrogens (tertiary/aromatic N) is 4. The van der Waals surface area contributed by atoms with Gasteiger partial charge in [0.15, 0.2) is 0 Å². The predicted molar refractivity (Wildman–Crippen MR) is 172 cm³/mol. The Morgan fingerprint density at radius 3 is 2.33 bits per heavy atom. The molecule has 0 saturated carbocycles. The summed E-state index contributed by atoms with van der Waals surface area (Å²) in [5.74, 6) is 0.494. The van der Waals surface area contributed by atoms with E-state index in [-0.39, 0.29) is 6.03 Å². The molecular formula is C37H30N5O. The molecular weight excluding hydrogens is 530 g/mol. The van der Waals surface area contributed by atoms with Crippen LogP contribution >= 0.6 is 0 Å². The normalized spacial score (nSPS) is 15.4. The number of anilines is 1. The Morgan fingerprint density at radius 2 is 1.49 bits per heavy atom. The Morgan fingerprint density at radius 1 is 0.744 bits per heavy atom. The molecule has 209 valence electrons. The lowest BCUT2D eigenvalue weighted by Gasteiger charge is -2.32. The summed E-state index contributed by atoms with van der Waals surface area (Å²) in [6.45, 7) is 3.00. The second-order valence-corrected chi connectivity index (χ2v) is 11.5. The Kier molecular flexibility index (Phi) is 6.34. The molecule has 1 radical (unpaired) electrons. The summed E-state index contributed by atoms with van der Waals surface area (Å²) in [4.78, 5) is 24.5. The highest BCUT2D eigenvalue weighted by Crippen LogP contribution is 2.36. The number of hydrogen-bond acceptors (Lipinski definition) is 4. The van der Waals surface area contributed by atoms with E-state index in [1.54, 1.807) is 0 Å². The topological polar surface area (TPSA) is 72.2 Å². The van der Waals surface area contributed by atoms with Crippen LogP contribution in [0.25, 0.3) is 44.3 Å². The molecule has 1 saturated heterocycles. The average Bonchev–Trinajstić information content (AvgIpc) is 3.44. The summed E-state index contributed by atoms with van der Waals surface area (Å²) >= 11 is 0. The number of hydrogen-bond donors (Lipinski definition) is 1. The lowest BCUT2D eigenvalue weighted by atomic mass is 9.89. The number of aromatic nitrogens is 2. The summed E-state index contributed by atoms with van der Waals surface area (Å²) in [7, 11) is 0. The third kappa shape index (κ3) is 4.90. The van der Waals surface area contributed by atoms with Gasteiger partial charge in [0.2, 0.25) is 0 Å². The van der Waals surface area contributed by atoms with Crippen molar-refractivity contribution in [1.29, 1.82) is 0 Å². The molecule has 8 rings (SSSR count). The lowest BCUT2D eigenvalue weighted by Crippen LogP contribution is -2.32. The number of carbonyl (C=O) groups excluding carboxylic acids is 1. The van der Waals surface area contributed by atoms with Crippen molar-refractivity contribution in [2.75, 3.05) is 18.4 Å². The number of urea groups is 1. The van der Waals surface area contributed by atoms with E-state index in [1.165, 1.54) is 16.5 Å². The molecule has 0 aliphatic carbocycles. The largest absolute Gasteiger partial charge is 0.346 e. The van der Waals surface area contributed by atoms with Crippen molar-refractivity contribution >= 4 is 39.2 Å². The second kappa shape index (κ2) is 10.6. The van der Waals surface area contributed by atoms with Crippen LogP contribution in [0.5, 0.6) is 0 Å². The molecule has 2 amide bonds. The Labute approximate surface area is 250 Å². The molecule has 0 unspecified atom stereocenters. The monoisotopic (exact) mass is 560 g/mol. The Bertz CT molecular complexity index is 1980. The molecule has 6 aromatic rings. The minimum atomic E-state index is -0.273. The van der Waals surface area contributed by atoms with Crippen molar-refractivity contribution < 1.29 is 4.79 Å². The third-order valence-corrected chi connectivity index (χ3v) is 8.78. The molecule has 1 N–H and O–H groups in total. The standard InChI is InChI=1S/C37H30N5O/c43-37-39-31-16-15-29(22-33(31)40-37)25-18-20-42(21-19-25)23-24-10-12-28(13-11-24)35-34(27-7-2-1-3-8-27)38-32-17-14-26-6-4-5-9-30(26)36(32)41-35/h1-17,22,25H,18-21,23H2,(H,39,43). The van der Waals surface area contributed by atoms with E-state index in [2.05, 4.69) is 113 Å². The molecule has 3 heterocycles. The van der Waals surface area contributed by atoms with Crippen LogP contribution in [-0.4, -0.2) is 34.0 Å². The smallest absolute Gasteiger partial charge is 0.304 e. The van der Waals surface area contributed by atoms with Gasteiger partial charge in [0.05, 0.1) is 33.8 Å². The van der Waals surface area contributed by atoms with Crippen molar-refractivity contribution in [3.8, 4) is 22.5 Å². The molecule has 0 atom stereocenters. The minimum absolute atomic E-state index is 0.273. The minimum Gasteiger partial charge on any atom is -0.304 e. The van der Waals surface area contributed by atoms with Gasteiger partial charge >= 0.3 is 6.03 Å². The van der Waals surface area contributed by atoms with Crippen LogP contribution in [0.4, 0.5) is 16.2 Å². The van der Waals surface area contributed by atoms with Gasteiger partial charge in [-0.2, -0.15) is 5.32 Å². The van der Waals surface area contributed by atoms with Gasteiger partial charge in [0, 0.05) is 23.1 Å². The number of likely N-dealkylation sites (tertiary alicyclic amines) is 1. The fourth-order valence-corrected chi connectivity index (χ4v) is 6.49. The molecule has 1 aromatic heterocycles. The van der Waals surface area contributed by atoms with Crippen molar-refractivity contribution in [3.05, 3.63) is 120 Å². The van der Waals surface area contributed by atoms with E-state index in [1.807, 2.05) is 12.1 Å². The fraction of sp³-hybridized carbons (Fsp3) is 0.162. The summed E-state index contributed by atoms with van der Waals surface area (Å²) in [6.07, 6.45) is 2.19. The summed E-state index contributed by atoms with van der Waals surface area (Å²) < 4.78 is 0. The molecule has 6 nitrogen and oxygen atoms in total. The lowest BCUT2D eigenvalue weighted by molar-refractivity contribution is 0.204. The van der Waals surface area contributed by atoms with Crippen LogP contribution < -0.4 is 10.6 Å². The van der Waals surface area contributed by atoms with Gasteiger partial charge in [-0.05, 0) is 66.6 Å². The third-order valence-electron chi connectivity index (χ3n) is 8.78. The van der Waals surface area contributed by atoms with Gasteiger partial charge in [-0.1, -0.05) is 91.0 Å². The fourth-order valence-electron chi connectivity index (χ4n) is 6.49. The number of carbonyl (C=O) groups is 1. The maximum atomic E-state index is 11.6. The summed E-state index contributed by atoms with van der Waals surface area (Å²) in [5, 5.41) is 9.16. The Balaban J connectivity index is 1.03. The number of benzene rings is 5. The first kappa shape index (κ1) is 25.6. The first-order chi connectivity index (χ1) is 21.2. The number of rotatable bonds is 5. The molecule has 2 aliphatic heterocycles. The van der Waals surface area contributed by atoms with Crippen molar-refractivity contribution in [1.82, 2.24) is 20.2 Å². The highest BCUT2D eigenvalue weighted by molar-refractivity contribution is 6.05. The van der Waals surface area contributed by atoms with Gasteiger partial charge < -0.3 is 5.32 Å². The first-order valence-electron chi connectivity index (χ1n) is 14.9. The number of nitrogens with one attached hydrogen (secondary N) is 1. The quantitative estimate of drug-likeness (QED) is 0.215. The van der Waals surface area contributed by atoms with Crippen LogP contribution in [-0.2, 0) is 6.54 Å². The van der Waals surface area contributed by atoms with E-state index in [9.17, 15) is 4.79 Å². The number of fused-ring (bicyclic) bond motifs is 4. The van der Waals surface area contributed by atoms with Gasteiger partial charge in [0.1, 0.15) is 0 Å². The van der Waals surface area contributed by atoms with Crippen molar-refractivity contribution in [2.45, 2.75) is 25.3 Å². The van der Waals surface area contributed by atoms with E-state index in [0.29, 0.717) is 5.92 Å². The molecule has 43 heavy (non-hydrogen) atoms. The van der Waals surface area contributed by atoms with E-state index >= 15 is 0 Å². The highest BCUT2D eigenvalue weighted by Gasteiger charge is 2.24. The summed E-state index contributed by atoms with van der Waals surface area (Å²) in [5.41, 5.74) is 9.92. The van der Waals surface area contributed by atoms with E-state index in [4.69, 9.17) is 9.97 Å². The molecule has 1 fully saturated rings. The van der Waals surface area contributed by atoms with Gasteiger partial charge in [-0.3, -0.25) is 4.90 Å². The maximum Gasteiger partial charge on any atom is 0.346 e. The van der Waals surface area contributed by atoms with Gasteiger partial charge in [-0.15, -0.1) is 0 Å². The highest BCUT2D eigenvalue weighted by atomic mass is 16.2. The van der Waals surface area contributed by atoms with Crippen LogP contribution in [0.2, 0.25) is 0 Å². The first-order valence-corrected chi connectivity index (χ1v) is 14.9. The molecule has 2 aliphatic rings. The van der Waals surface area contributed by atoms with Crippen LogP contribution in [0, 0.1) is 0 Å². The SMILES string of the molecule is O=C1[N]c2cc(C3CCN(Cc4ccc(-c5nc6c(ccc7ccccc76)nc5-c5ccccc5)cc4)CC3)ccc2N1. The predicted octanol–water partition coefficient (Wildman–Crippen LogP) is 8.28. The number of amides is 2. The van der Waals surface area contributed by atoms with Crippen LogP contribution in [0.3, 0.4) is 0 Å². The molecule has 0 spiro atoms. The molecule has 0 bridgehead atoms. The van der Waals surface area contributed by atoms with E-state index < -0.39 is 0 Å².